The molecule has 0 spiro atoms. The van der Waals surface area contributed by atoms with Gasteiger partial charge in [0.05, 0.1) is 6.61 Å². The van der Waals surface area contributed by atoms with Crippen LogP contribution >= 0.6 is 0 Å². The van der Waals surface area contributed by atoms with Crippen LogP contribution in [0.4, 0.5) is 0 Å². The summed E-state index contributed by atoms with van der Waals surface area (Å²) in [5.74, 6) is 1.95. The van der Waals surface area contributed by atoms with E-state index in [9.17, 15) is 0 Å². The molecule has 4 nitrogen and oxygen atoms in total. The molecule has 1 aromatic carbocycles. The Labute approximate surface area is 127 Å². The summed E-state index contributed by atoms with van der Waals surface area (Å²) in [4.78, 5) is 4.28. The topological polar surface area (TPSA) is 39.1 Å². The van der Waals surface area contributed by atoms with Crippen LogP contribution in [0.15, 0.2) is 36.7 Å². The van der Waals surface area contributed by atoms with Gasteiger partial charge in [-0.05, 0) is 38.5 Å². The van der Waals surface area contributed by atoms with Crippen LogP contribution in [0.2, 0.25) is 0 Å². The summed E-state index contributed by atoms with van der Waals surface area (Å²) >= 11 is 0. The third-order valence-electron chi connectivity index (χ3n) is 3.26. The average Bonchev–Trinajstić information content (AvgIpc) is 2.83. The molecule has 0 aliphatic rings. The Morgan fingerprint density at radius 2 is 1.90 bits per heavy atom. The predicted molar refractivity (Wildman–Crippen MR) is 85.4 cm³/mol. The molecule has 0 radical (unpaired) electrons. The Hall–Kier alpha value is -1.81. The second-order valence-corrected chi connectivity index (χ2v) is 6.30. The summed E-state index contributed by atoms with van der Waals surface area (Å²) in [5, 5.41) is 3.47. The van der Waals surface area contributed by atoms with E-state index in [1.165, 1.54) is 5.56 Å². The molecular weight excluding hydrogens is 262 g/mol. The molecule has 0 saturated heterocycles. The molecule has 0 unspecified atom stereocenters. The molecule has 0 atom stereocenters. The van der Waals surface area contributed by atoms with Crippen molar-refractivity contribution in [1.29, 1.82) is 0 Å². The highest BCUT2D eigenvalue weighted by molar-refractivity contribution is 5.27. The fourth-order valence-electron chi connectivity index (χ4n) is 1.97. The van der Waals surface area contributed by atoms with Crippen molar-refractivity contribution in [2.45, 2.75) is 39.3 Å². The normalized spacial score (nSPS) is 11.6. The van der Waals surface area contributed by atoms with Gasteiger partial charge in [-0.15, -0.1) is 0 Å². The Bertz CT molecular complexity index is 552. The van der Waals surface area contributed by atoms with Gasteiger partial charge in [-0.25, -0.2) is 4.98 Å². The van der Waals surface area contributed by atoms with E-state index in [4.69, 9.17) is 4.74 Å². The van der Waals surface area contributed by atoms with Crippen LogP contribution in [0.1, 0.15) is 32.2 Å². The van der Waals surface area contributed by atoms with Crippen molar-refractivity contribution in [3.05, 3.63) is 48.0 Å². The molecule has 4 heteroatoms. The van der Waals surface area contributed by atoms with Crippen molar-refractivity contribution >= 4 is 0 Å². The third kappa shape index (κ3) is 5.23. The van der Waals surface area contributed by atoms with E-state index >= 15 is 0 Å². The zero-order valence-electron chi connectivity index (χ0n) is 13.4. The van der Waals surface area contributed by atoms with Crippen LogP contribution in [-0.2, 0) is 20.0 Å². The van der Waals surface area contributed by atoms with Gasteiger partial charge in [0.2, 0.25) is 0 Å². The van der Waals surface area contributed by atoms with E-state index < -0.39 is 0 Å². The van der Waals surface area contributed by atoms with Crippen LogP contribution in [0, 0.1) is 0 Å². The van der Waals surface area contributed by atoms with Crippen LogP contribution in [-0.4, -0.2) is 21.7 Å². The van der Waals surface area contributed by atoms with E-state index in [1.807, 2.05) is 36.1 Å². The molecule has 0 bridgehead atoms. The zero-order valence-corrected chi connectivity index (χ0v) is 13.4. The molecule has 0 aliphatic heterocycles. The monoisotopic (exact) mass is 287 g/mol. The van der Waals surface area contributed by atoms with Gasteiger partial charge in [-0.2, -0.15) is 0 Å². The molecule has 0 amide bonds. The van der Waals surface area contributed by atoms with Crippen LogP contribution < -0.4 is 10.1 Å². The summed E-state index contributed by atoms with van der Waals surface area (Å²) in [6.45, 7) is 8.02. The lowest BCUT2D eigenvalue weighted by molar-refractivity contribution is 0.317. The molecule has 0 saturated carbocycles. The van der Waals surface area contributed by atoms with E-state index in [2.05, 4.69) is 43.2 Å². The minimum absolute atomic E-state index is 0.136. The highest BCUT2D eigenvalue weighted by Crippen LogP contribution is 2.13. The van der Waals surface area contributed by atoms with E-state index in [-0.39, 0.29) is 5.54 Å². The summed E-state index contributed by atoms with van der Waals surface area (Å²) < 4.78 is 7.78. The Kier molecular flexibility index (Phi) is 5.02. The van der Waals surface area contributed by atoms with Gasteiger partial charge >= 0.3 is 0 Å². The van der Waals surface area contributed by atoms with Crippen molar-refractivity contribution in [3.8, 4) is 5.75 Å². The van der Waals surface area contributed by atoms with Crippen molar-refractivity contribution in [1.82, 2.24) is 14.9 Å². The number of rotatable bonds is 6. The Balaban J connectivity index is 1.78. The van der Waals surface area contributed by atoms with E-state index in [1.54, 1.807) is 0 Å². The van der Waals surface area contributed by atoms with Crippen LogP contribution in [0.5, 0.6) is 5.75 Å². The van der Waals surface area contributed by atoms with Crippen molar-refractivity contribution in [2.75, 3.05) is 6.61 Å². The fourth-order valence-corrected chi connectivity index (χ4v) is 1.97. The molecule has 1 heterocycles. The first-order valence-corrected chi connectivity index (χ1v) is 7.37. The van der Waals surface area contributed by atoms with Crippen molar-refractivity contribution < 1.29 is 4.74 Å². The summed E-state index contributed by atoms with van der Waals surface area (Å²) in [5.41, 5.74) is 1.40. The first kappa shape index (κ1) is 15.6. The van der Waals surface area contributed by atoms with Gasteiger partial charge in [0.25, 0.3) is 0 Å². The minimum Gasteiger partial charge on any atom is -0.493 e. The number of nitrogens with zero attached hydrogens (tertiary/aromatic N) is 2. The number of nitrogens with one attached hydrogen (secondary N) is 1. The number of ether oxygens (including phenoxy) is 1. The number of aromatic nitrogens is 2. The summed E-state index contributed by atoms with van der Waals surface area (Å²) in [6.07, 6.45) is 4.58. The molecule has 0 aliphatic carbocycles. The molecule has 1 aromatic heterocycles. The zero-order chi connectivity index (χ0) is 15.3. The average molecular weight is 287 g/mol. The smallest absolute Gasteiger partial charge is 0.119 e. The first-order chi connectivity index (χ1) is 9.94. The maximum Gasteiger partial charge on any atom is 0.119 e. The third-order valence-corrected chi connectivity index (χ3v) is 3.26. The number of imidazole rings is 1. The first-order valence-electron chi connectivity index (χ1n) is 7.37. The van der Waals surface area contributed by atoms with Gasteiger partial charge in [-0.1, -0.05) is 12.1 Å². The van der Waals surface area contributed by atoms with Gasteiger partial charge in [0, 0.05) is 37.9 Å². The van der Waals surface area contributed by atoms with Gasteiger partial charge in [-0.3, -0.25) is 0 Å². The largest absolute Gasteiger partial charge is 0.493 e. The maximum absolute atomic E-state index is 5.76. The standard InChI is InChI=1S/C17H25N3O/c1-17(2,3)19-13-14-5-7-15(8-6-14)21-12-9-16-18-10-11-20(16)4/h5-8,10-11,19H,9,12-13H2,1-4H3. The maximum atomic E-state index is 5.76. The number of hydrogen-bond acceptors (Lipinski definition) is 3. The molecular formula is C17H25N3O. The van der Waals surface area contributed by atoms with Crippen molar-refractivity contribution in [3.63, 3.8) is 0 Å². The minimum atomic E-state index is 0.136. The molecule has 2 rings (SSSR count). The second-order valence-electron chi connectivity index (χ2n) is 6.30. The second kappa shape index (κ2) is 6.76. The number of hydrogen-bond donors (Lipinski definition) is 1. The molecule has 21 heavy (non-hydrogen) atoms. The predicted octanol–water partition coefficient (Wildman–Crippen LogP) is 2.93. The fraction of sp³-hybridized carbons (Fsp3) is 0.471. The summed E-state index contributed by atoms with van der Waals surface area (Å²) in [7, 11) is 2.00. The summed E-state index contributed by atoms with van der Waals surface area (Å²) in [6, 6.07) is 8.26. The van der Waals surface area contributed by atoms with E-state index in [0.717, 1.165) is 24.5 Å². The van der Waals surface area contributed by atoms with Gasteiger partial charge in [0.15, 0.2) is 0 Å². The lowest BCUT2D eigenvalue weighted by atomic mass is 10.1. The van der Waals surface area contributed by atoms with Crippen LogP contribution in [0.3, 0.4) is 0 Å². The lowest BCUT2D eigenvalue weighted by Crippen LogP contribution is -2.35. The highest BCUT2D eigenvalue weighted by atomic mass is 16.5. The van der Waals surface area contributed by atoms with E-state index in [0.29, 0.717) is 6.61 Å². The van der Waals surface area contributed by atoms with Gasteiger partial charge < -0.3 is 14.6 Å². The molecule has 2 aromatic rings. The molecule has 1 N–H and O–H groups in total. The highest BCUT2D eigenvalue weighted by Gasteiger charge is 2.08. The van der Waals surface area contributed by atoms with Gasteiger partial charge in [0.1, 0.15) is 11.6 Å². The SMILES string of the molecule is Cn1ccnc1CCOc1ccc(CNC(C)(C)C)cc1. The Morgan fingerprint density at radius 3 is 2.48 bits per heavy atom. The quantitative estimate of drug-likeness (QED) is 0.888. The Morgan fingerprint density at radius 1 is 1.19 bits per heavy atom. The molecule has 0 fully saturated rings. The number of aryl methyl sites for hydroxylation is 1. The lowest BCUT2D eigenvalue weighted by Gasteiger charge is -2.20. The number of benzene rings is 1. The van der Waals surface area contributed by atoms with Crippen molar-refractivity contribution in [2.24, 2.45) is 7.05 Å². The van der Waals surface area contributed by atoms with Crippen LogP contribution in [0.25, 0.3) is 0 Å². The molecule has 114 valence electrons.